The van der Waals surface area contributed by atoms with Gasteiger partial charge in [0.05, 0.1) is 28.7 Å². The topological polar surface area (TPSA) is 67.8 Å². The molecule has 0 saturated heterocycles. The summed E-state index contributed by atoms with van der Waals surface area (Å²) in [5.41, 5.74) is 3.38. The Labute approximate surface area is 154 Å². The van der Waals surface area contributed by atoms with Gasteiger partial charge in [0, 0.05) is 34.6 Å². The van der Waals surface area contributed by atoms with Crippen LogP contribution in [0.25, 0.3) is 22.2 Å². The molecule has 1 aromatic carbocycles. The summed E-state index contributed by atoms with van der Waals surface area (Å²) >= 11 is 6.13. The van der Waals surface area contributed by atoms with Crippen LogP contribution in [0, 0.1) is 0 Å². The largest absolute Gasteiger partial charge is 0.321 e. The van der Waals surface area contributed by atoms with E-state index in [-0.39, 0.29) is 5.91 Å². The van der Waals surface area contributed by atoms with E-state index in [2.05, 4.69) is 20.3 Å². The molecule has 0 saturated carbocycles. The van der Waals surface area contributed by atoms with Crippen LogP contribution in [0.4, 0.5) is 5.69 Å². The smallest absolute Gasteiger partial charge is 0.256 e. The molecule has 0 bridgehead atoms. The van der Waals surface area contributed by atoms with Crippen LogP contribution >= 0.6 is 11.6 Å². The van der Waals surface area contributed by atoms with Crippen molar-refractivity contribution in [3.8, 4) is 11.3 Å². The minimum absolute atomic E-state index is 0.247. The lowest BCUT2D eigenvalue weighted by atomic mass is 10.0. The SMILES string of the molecule is O=C(Nc1cccnc1)c1cc(-c2ccncc2)nc2ccc(Cl)cc12. The van der Waals surface area contributed by atoms with Crippen molar-refractivity contribution in [3.63, 3.8) is 0 Å². The van der Waals surface area contributed by atoms with Gasteiger partial charge in [-0.25, -0.2) is 4.98 Å². The number of anilines is 1. The average molecular weight is 361 g/mol. The molecule has 0 spiro atoms. The van der Waals surface area contributed by atoms with Gasteiger partial charge in [-0.1, -0.05) is 11.6 Å². The highest BCUT2D eigenvalue weighted by atomic mass is 35.5. The monoisotopic (exact) mass is 360 g/mol. The van der Waals surface area contributed by atoms with E-state index >= 15 is 0 Å². The van der Waals surface area contributed by atoms with Gasteiger partial charge < -0.3 is 5.32 Å². The van der Waals surface area contributed by atoms with Crippen molar-refractivity contribution >= 4 is 34.1 Å². The first-order valence-corrected chi connectivity index (χ1v) is 8.30. The Morgan fingerprint density at radius 3 is 2.58 bits per heavy atom. The van der Waals surface area contributed by atoms with Crippen molar-refractivity contribution in [3.05, 3.63) is 83.9 Å². The number of aromatic nitrogens is 3. The zero-order valence-electron chi connectivity index (χ0n) is 13.6. The summed E-state index contributed by atoms with van der Waals surface area (Å²) in [4.78, 5) is 25.6. The van der Waals surface area contributed by atoms with Crippen molar-refractivity contribution in [1.82, 2.24) is 15.0 Å². The zero-order chi connectivity index (χ0) is 17.9. The van der Waals surface area contributed by atoms with Gasteiger partial charge in [0.25, 0.3) is 5.91 Å². The number of rotatable bonds is 3. The Hall–Kier alpha value is -3.31. The third-order valence-electron chi connectivity index (χ3n) is 3.91. The molecule has 6 heteroatoms. The molecular formula is C20H13ClN4O. The first-order chi connectivity index (χ1) is 12.7. The number of fused-ring (bicyclic) bond motifs is 1. The lowest BCUT2D eigenvalue weighted by Crippen LogP contribution is -2.13. The first-order valence-electron chi connectivity index (χ1n) is 7.93. The van der Waals surface area contributed by atoms with Gasteiger partial charge in [0.2, 0.25) is 0 Å². The number of nitrogens with one attached hydrogen (secondary N) is 1. The molecule has 0 unspecified atom stereocenters. The molecule has 1 N–H and O–H groups in total. The number of pyridine rings is 3. The van der Waals surface area contributed by atoms with E-state index in [1.807, 2.05) is 18.2 Å². The number of halogens is 1. The van der Waals surface area contributed by atoms with Crippen LogP contribution in [-0.4, -0.2) is 20.9 Å². The number of hydrogen-bond acceptors (Lipinski definition) is 4. The summed E-state index contributed by atoms with van der Waals surface area (Å²) < 4.78 is 0. The second kappa shape index (κ2) is 6.90. The Bertz CT molecular complexity index is 1080. The van der Waals surface area contributed by atoms with Crippen molar-refractivity contribution < 1.29 is 4.79 Å². The van der Waals surface area contributed by atoms with Gasteiger partial charge in [-0.15, -0.1) is 0 Å². The van der Waals surface area contributed by atoms with E-state index in [1.165, 1.54) is 0 Å². The Morgan fingerprint density at radius 1 is 0.962 bits per heavy atom. The van der Waals surface area contributed by atoms with E-state index in [0.29, 0.717) is 32.9 Å². The van der Waals surface area contributed by atoms with Crippen molar-refractivity contribution in [2.75, 3.05) is 5.32 Å². The highest BCUT2D eigenvalue weighted by Gasteiger charge is 2.15. The molecule has 126 valence electrons. The quantitative estimate of drug-likeness (QED) is 0.580. The molecule has 0 radical (unpaired) electrons. The number of benzene rings is 1. The van der Waals surface area contributed by atoms with Crippen molar-refractivity contribution in [2.45, 2.75) is 0 Å². The summed E-state index contributed by atoms with van der Waals surface area (Å²) in [5, 5.41) is 4.10. The van der Waals surface area contributed by atoms with Crippen LogP contribution in [0.2, 0.25) is 5.02 Å². The number of amides is 1. The number of hydrogen-bond donors (Lipinski definition) is 1. The molecule has 4 rings (SSSR count). The van der Waals surface area contributed by atoms with Crippen LogP contribution in [0.5, 0.6) is 0 Å². The fourth-order valence-electron chi connectivity index (χ4n) is 2.69. The third kappa shape index (κ3) is 3.25. The second-order valence-corrected chi connectivity index (χ2v) is 6.08. The van der Waals surface area contributed by atoms with Crippen LogP contribution < -0.4 is 5.32 Å². The number of carbonyl (C=O) groups is 1. The first kappa shape index (κ1) is 16.2. The van der Waals surface area contributed by atoms with Crippen molar-refractivity contribution in [2.24, 2.45) is 0 Å². The van der Waals surface area contributed by atoms with E-state index in [9.17, 15) is 4.79 Å². The highest BCUT2D eigenvalue weighted by molar-refractivity contribution is 6.31. The van der Waals surface area contributed by atoms with Crippen LogP contribution in [0.15, 0.2) is 73.3 Å². The molecule has 0 atom stereocenters. The summed E-state index contributed by atoms with van der Waals surface area (Å²) in [6.07, 6.45) is 6.63. The predicted octanol–water partition coefficient (Wildman–Crippen LogP) is 4.60. The number of carbonyl (C=O) groups excluding carboxylic acids is 1. The Balaban J connectivity index is 1.85. The third-order valence-corrected chi connectivity index (χ3v) is 4.15. The molecule has 1 amide bonds. The van der Waals surface area contributed by atoms with E-state index in [4.69, 9.17) is 11.6 Å². The predicted molar refractivity (Wildman–Crippen MR) is 102 cm³/mol. The number of nitrogens with zero attached hydrogens (tertiary/aromatic N) is 3. The van der Waals surface area contributed by atoms with E-state index in [0.717, 1.165) is 5.56 Å². The molecule has 0 aliphatic heterocycles. The molecule has 0 fully saturated rings. The fraction of sp³-hybridized carbons (Fsp3) is 0. The van der Waals surface area contributed by atoms with E-state index < -0.39 is 0 Å². The molecule has 0 aliphatic rings. The minimum atomic E-state index is -0.247. The van der Waals surface area contributed by atoms with Crippen LogP contribution in [0.3, 0.4) is 0 Å². The highest BCUT2D eigenvalue weighted by Crippen LogP contribution is 2.27. The summed E-state index contributed by atoms with van der Waals surface area (Å²) in [6, 6.07) is 14.3. The molecule has 26 heavy (non-hydrogen) atoms. The second-order valence-electron chi connectivity index (χ2n) is 5.65. The summed E-state index contributed by atoms with van der Waals surface area (Å²) in [7, 11) is 0. The average Bonchev–Trinajstić information content (AvgIpc) is 2.68. The van der Waals surface area contributed by atoms with Gasteiger partial charge in [-0.2, -0.15) is 0 Å². The maximum absolute atomic E-state index is 12.9. The maximum atomic E-state index is 12.9. The minimum Gasteiger partial charge on any atom is -0.321 e. The molecular weight excluding hydrogens is 348 g/mol. The molecule has 5 nitrogen and oxygen atoms in total. The lowest BCUT2D eigenvalue weighted by molar-refractivity contribution is 0.102. The van der Waals surface area contributed by atoms with Crippen molar-refractivity contribution in [1.29, 1.82) is 0 Å². The van der Waals surface area contributed by atoms with Gasteiger partial charge in [-0.05, 0) is 48.5 Å². The summed E-state index contributed by atoms with van der Waals surface area (Å²) in [6.45, 7) is 0. The standard InChI is InChI=1S/C20H13ClN4O/c21-14-3-4-18-16(10-14)17(20(26)24-15-2-1-7-23-12-15)11-19(25-18)13-5-8-22-9-6-13/h1-12H,(H,24,26). The normalized spacial score (nSPS) is 10.7. The Kier molecular flexibility index (Phi) is 4.29. The maximum Gasteiger partial charge on any atom is 0.256 e. The molecule has 3 heterocycles. The zero-order valence-corrected chi connectivity index (χ0v) is 14.3. The van der Waals surface area contributed by atoms with E-state index in [1.54, 1.807) is 55.1 Å². The molecule has 0 aliphatic carbocycles. The summed E-state index contributed by atoms with van der Waals surface area (Å²) in [5.74, 6) is -0.247. The molecule has 3 aromatic heterocycles. The lowest BCUT2D eigenvalue weighted by Gasteiger charge is -2.11. The Morgan fingerprint density at radius 2 is 1.81 bits per heavy atom. The van der Waals surface area contributed by atoms with Gasteiger partial charge in [0.1, 0.15) is 0 Å². The van der Waals surface area contributed by atoms with Gasteiger partial charge in [-0.3, -0.25) is 14.8 Å². The van der Waals surface area contributed by atoms with Gasteiger partial charge in [0.15, 0.2) is 0 Å². The van der Waals surface area contributed by atoms with Crippen LogP contribution in [-0.2, 0) is 0 Å². The molecule has 4 aromatic rings. The van der Waals surface area contributed by atoms with Gasteiger partial charge >= 0.3 is 0 Å². The fourth-order valence-corrected chi connectivity index (χ4v) is 2.86. The van der Waals surface area contributed by atoms with Crippen LogP contribution in [0.1, 0.15) is 10.4 Å².